The number of aliphatic carboxylic acids is 3. The summed E-state index contributed by atoms with van der Waals surface area (Å²) in [5, 5.41) is 53.6. The van der Waals surface area contributed by atoms with Crippen molar-refractivity contribution in [2.75, 3.05) is 62.3 Å². The zero-order chi connectivity index (χ0) is 75.0. The Morgan fingerprint density at radius 1 is 0.724 bits per heavy atom. The Morgan fingerprint density at radius 2 is 1.46 bits per heavy atom. The molecule has 8 atom stereocenters. The number of anilines is 1. The van der Waals surface area contributed by atoms with Gasteiger partial charge in [0.2, 0.25) is 29.0 Å². The van der Waals surface area contributed by atoms with E-state index in [1.807, 2.05) is 5.32 Å². The Kier molecular flexibility index (Phi) is 28.1. The second-order valence-corrected chi connectivity index (χ2v) is 31.8. The van der Waals surface area contributed by atoms with Crippen molar-refractivity contribution >= 4 is 111 Å². The molecular weight excluding hydrogens is 1470 g/mol. The van der Waals surface area contributed by atoms with E-state index in [1.54, 1.807) is 12.1 Å². The van der Waals surface area contributed by atoms with Crippen molar-refractivity contribution in [3.05, 3.63) is 118 Å². The van der Waals surface area contributed by atoms with Gasteiger partial charge in [-0.3, -0.25) is 61.6 Å². The van der Waals surface area contributed by atoms with E-state index in [0.29, 0.717) is 42.8 Å². The second-order valence-electron chi connectivity index (χ2n) is 25.6. The number of H-pyrrole nitrogens is 1. The molecule has 0 bridgehead atoms. The van der Waals surface area contributed by atoms with Gasteiger partial charge in [0, 0.05) is 102 Å². The monoisotopic (exact) mass is 1550 g/mol. The Bertz CT molecular complexity index is 4500. The average Bonchev–Trinajstić information content (AvgIpc) is 1.01. The molecule has 3 aromatic carbocycles. The summed E-state index contributed by atoms with van der Waals surface area (Å²) in [6, 6.07) is 4.16. The molecule has 0 aliphatic carbocycles. The number of aromatic amines is 1. The molecule has 38 heteroatoms. The quantitative estimate of drug-likeness (QED) is 0.00902. The van der Waals surface area contributed by atoms with Gasteiger partial charge in [0.1, 0.15) is 54.5 Å². The number of carboxylic acids is 4. The Morgan fingerprint density at radius 3 is 2.21 bits per heavy atom. The van der Waals surface area contributed by atoms with Crippen LogP contribution in [0.5, 0.6) is 11.5 Å². The summed E-state index contributed by atoms with van der Waals surface area (Å²) in [7, 11) is -7.75. The molecule has 4 aromatic rings. The highest BCUT2D eigenvalue weighted by atomic mass is 33.1. The van der Waals surface area contributed by atoms with Crippen LogP contribution in [-0.4, -0.2) is 170 Å². The fraction of sp³-hybridized carbons (Fsp3) is 0.493. The Balaban J connectivity index is 0.776. The molecule has 33 nitrogen and oxygen atoms in total. The molecule has 6 aliphatic rings. The van der Waals surface area contributed by atoms with Crippen LogP contribution in [-0.2, 0) is 90.8 Å². The fourth-order valence-corrected chi connectivity index (χ4v) is 18.0. The number of rotatable bonds is 36. The van der Waals surface area contributed by atoms with Gasteiger partial charge in [0.25, 0.3) is 11.5 Å². The molecule has 11 N–H and O–H groups in total. The van der Waals surface area contributed by atoms with Crippen molar-refractivity contribution in [1.82, 2.24) is 40.7 Å². The molecule has 6 unspecified atom stereocenters. The normalized spacial score (nSPS) is 17.7. The molecular formula is C67H81N9O24P3S2+. The molecule has 0 radical (unpaired) electrons. The number of nitrogens with zero attached hydrogens (tertiary/aromatic N) is 3. The van der Waals surface area contributed by atoms with Crippen LogP contribution in [0, 0.1) is 11.8 Å². The maximum Gasteiger partial charge on any atom is 0.336 e. The minimum absolute atomic E-state index is 0.0104. The number of aromatic carboxylic acids is 1. The van der Waals surface area contributed by atoms with Crippen LogP contribution >= 0.6 is 46.4 Å². The maximum absolute atomic E-state index is 14.6. The Labute approximate surface area is 609 Å². The number of nitrogens with one attached hydrogen (secondary N) is 6. The first kappa shape index (κ1) is 79.2. The van der Waals surface area contributed by atoms with Crippen molar-refractivity contribution in [2.24, 2.45) is 0 Å². The lowest BCUT2D eigenvalue weighted by atomic mass is 9.81. The molecule has 6 aliphatic heterocycles. The summed E-state index contributed by atoms with van der Waals surface area (Å²) < 4.78 is 64.2. The summed E-state index contributed by atoms with van der Waals surface area (Å²) in [4.78, 5) is 154. The number of amides is 5. The van der Waals surface area contributed by atoms with E-state index in [0.717, 1.165) is 121 Å². The van der Waals surface area contributed by atoms with Crippen LogP contribution in [0.25, 0.3) is 5.57 Å². The fourth-order valence-electron chi connectivity index (χ4n) is 13.7. The maximum atomic E-state index is 14.6. The van der Waals surface area contributed by atoms with Crippen LogP contribution in [0.4, 0.5) is 5.69 Å². The van der Waals surface area contributed by atoms with Gasteiger partial charge in [-0.15, -0.1) is 0 Å². The van der Waals surface area contributed by atoms with Gasteiger partial charge in [0.15, 0.2) is 0 Å². The van der Waals surface area contributed by atoms with Gasteiger partial charge < -0.3 is 70.8 Å². The van der Waals surface area contributed by atoms with Crippen LogP contribution in [0.15, 0.2) is 46.1 Å². The molecule has 1 saturated heterocycles. The first-order valence-electron chi connectivity index (χ1n) is 34.4. The van der Waals surface area contributed by atoms with E-state index < -0.39 is 127 Å². The van der Waals surface area contributed by atoms with Gasteiger partial charge >= 0.3 is 54.3 Å². The van der Waals surface area contributed by atoms with Crippen molar-refractivity contribution in [3.63, 3.8) is 0 Å². The average molecular weight is 1550 g/mol. The molecule has 564 valence electrons. The van der Waals surface area contributed by atoms with Gasteiger partial charge in [-0.1, -0.05) is 45.9 Å². The highest BCUT2D eigenvalue weighted by Crippen LogP contribution is 2.49. The summed E-state index contributed by atoms with van der Waals surface area (Å²) in [5.74, 6) is -2.00. The van der Waals surface area contributed by atoms with Gasteiger partial charge in [0.05, 0.1) is 43.2 Å². The first-order chi connectivity index (χ1) is 50.4. The van der Waals surface area contributed by atoms with E-state index >= 15 is 0 Å². The summed E-state index contributed by atoms with van der Waals surface area (Å²) in [6.07, 6.45) is 6.57. The topological polar surface area (TPSA) is 473 Å². The lowest BCUT2D eigenvalue weighted by molar-refractivity contribution is -0.148. The number of carbonyl (C=O) groups excluding carboxylic acids is 5. The molecule has 0 spiro atoms. The summed E-state index contributed by atoms with van der Waals surface area (Å²) >= 11 is 0. The highest BCUT2D eigenvalue weighted by molar-refractivity contribution is 8.76. The molecule has 1 fully saturated rings. The first-order valence-corrected chi connectivity index (χ1v) is 40.6. The summed E-state index contributed by atoms with van der Waals surface area (Å²) in [5.41, 5.74) is 5.90. The van der Waals surface area contributed by atoms with Crippen LogP contribution in [0.3, 0.4) is 0 Å². The van der Waals surface area contributed by atoms with Crippen LogP contribution < -0.4 is 62.6 Å². The lowest BCUT2D eigenvalue weighted by Crippen LogP contribution is -2.52. The third-order valence-corrected chi connectivity index (χ3v) is 24.0. The minimum atomic E-state index is -3.60. The number of unbranched alkanes of at least 4 members (excludes halogenated alkanes) is 2. The largest absolute Gasteiger partial charge is 0.481 e. The number of hydrogen-bond acceptors (Lipinski definition) is 22. The zero-order valence-corrected chi connectivity index (χ0v) is 61.4. The van der Waals surface area contributed by atoms with Crippen molar-refractivity contribution in [1.29, 1.82) is 0 Å². The van der Waals surface area contributed by atoms with E-state index in [2.05, 4.69) is 68.3 Å². The number of benzene rings is 3. The number of fused-ring (bicyclic) bond motifs is 4. The molecule has 7 heterocycles. The number of carboxylic acid groups (broad SMARTS) is 4. The van der Waals surface area contributed by atoms with Crippen molar-refractivity contribution in [2.45, 2.75) is 152 Å². The van der Waals surface area contributed by atoms with E-state index in [1.165, 1.54) is 56.0 Å². The third-order valence-electron chi connectivity index (χ3n) is 18.4. The minimum Gasteiger partial charge on any atom is -0.481 e. The van der Waals surface area contributed by atoms with Gasteiger partial charge in [-0.05, 0) is 112 Å². The van der Waals surface area contributed by atoms with E-state index in [9.17, 15) is 81.8 Å². The zero-order valence-electron chi connectivity index (χ0n) is 56.8. The number of hydrogen-bond donors (Lipinski definition) is 11. The second kappa shape index (κ2) is 37.2. The smallest absolute Gasteiger partial charge is 0.336 e. The number of aryl methyl sites for hydroxylation is 2. The number of ether oxygens (including phenoxy) is 2. The lowest BCUT2D eigenvalue weighted by Gasteiger charge is -2.39. The standard InChI is InChI=1S/C67H80N9O24P3S2/c77-51(68-23-4-10-40-35-76(67(91)73-62(40)84)53-20-18-41(97-53)36-96-102(94)100-103(95)99-101(92)93)21-29-105-104-28-9-15-48(63(85)69-22-3-1-2-16-52(78)70-49(33-54(79)80)64(86)72-50(66(89)90)34-55(81)82)71-61(83)39-17-19-42(45(32-39)65(87)88)56-46-30-37-11-5-24-74-26-7-13-43(57(37)74)59(46)98-60-44-14-8-27-75-25-6-12-38(58(44)75)31-47(56)60/h17,19,30-32,35,41,48-50,53,101-103H,1-3,5-9,11-16,18,20-29,33-34,36H2,(H10-,68,69,70,71,72,73,77,78,79,80,81,82,83,84,85,86,87,88,89,90,91,92,93)/p+1/t41-,48?,49?,50?,53+/m0/s1. The summed E-state index contributed by atoms with van der Waals surface area (Å²) in [6.45, 7) is 3.35. The van der Waals surface area contributed by atoms with Crippen molar-refractivity contribution in [3.8, 4) is 23.3 Å². The molecule has 0 saturated carbocycles. The number of aromatic nitrogens is 2. The predicted octanol–water partition coefficient (Wildman–Crippen LogP) is 3.06. The molecule has 1 aromatic heterocycles. The van der Waals surface area contributed by atoms with Crippen LogP contribution in [0.1, 0.15) is 162 Å². The molecule has 10 rings (SSSR count). The highest BCUT2D eigenvalue weighted by Gasteiger charge is 2.38. The van der Waals surface area contributed by atoms with Gasteiger partial charge in [-0.2, -0.15) is 0 Å². The van der Waals surface area contributed by atoms with Crippen LogP contribution in [0.2, 0.25) is 0 Å². The van der Waals surface area contributed by atoms with Crippen molar-refractivity contribution < 1.29 is 105 Å². The van der Waals surface area contributed by atoms with Gasteiger partial charge in [-0.25, -0.2) is 27.6 Å². The van der Waals surface area contributed by atoms with E-state index in [-0.39, 0.29) is 74.4 Å². The predicted molar refractivity (Wildman–Crippen MR) is 383 cm³/mol. The molecule has 5 amide bonds. The molecule has 105 heavy (non-hydrogen) atoms. The Hall–Kier alpha value is -8.41. The SMILES string of the molecule is O=C(O)CC(NC(=O)C(CC(=O)O)NC(=O)CCCCCNC(=O)C(CCCSSCCC(=O)NCC#Cc1cn([C@H]2CC[C@@H](CO[PH](=O)O[PH](=O)O[PH](=O)O)O2)c(=O)[nH]c1=O)NC(=O)c1ccc(C2=c3cc4c5c(c3Oc3c2cc2c6c3CCCN6CCC2)CCC[N+]=5CCC4)c(C(=O)O)c1)C(=O)O. The van der Waals surface area contributed by atoms with E-state index in [4.69, 9.17) is 24.0 Å². The third kappa shape index (κ3) is 20.8. The number of carbonyl (C=O) groups is 9.